The molecule has 0 aliphatic carbocycles. The van der Waals surface area contributed by atoms with Crippen molar-refractivity contribution in [3.63, 3.8) is 0 Å². The molecule has 1 aromatic rings. The fourth-order valence-corrected chi connectivity index (χ4v) is 1.45. The van der Waals surface area contributed by atoms with Crippen LogP contribution < -0.4 is 10.1 Å². The van der Waals surface area contributed by atoms with Crippen molar-refractivity contribution >= 4 is 17.7 Å². The van der Waals surface area contributed by atoms with Crippen molar-refractivity contribution in [1.82, 2.24) is 0 Å². The first-order valence-corrected chi connectivity index (χ1v) is 4.80. The summed E-state index contributed by atoms with van der Waals surface area (Å²) in [7, 11) is 0. The van der Waals surface area contributed by atoms with Crippen LogP contribution in [-0.2, 0) is 4.79 Å². The van der Waals surface area contributed by atoms with E-state index in [0.29, 0.717) is 11.4 Å². The zero-order valence-electron chi connectivity index (χ0n) is 8.83. The van der Waals surface area contributed by atoms with Gasteiger partial charge in [-0.05, 0) is 31.5 Å². The van der Waals surface area contributed by atoms with Crippen molar-refractivity contribution in [2.75, 3.05) is 5.32 Å². The average Bonchev–Trinajstić information content (AvgIpc) is 2.18. The second-order valence-electron chi connectivity index (χ2n) is 4.03. The van der Waals surface area contributed by atoms with E-state index in [9.17, 15) is 4.79 Å². The van der Waals surface area contributed by atoms with Gasteiger partial charge in [0.25, 0.3) is 5.91 Å². The molecule has 0 aromatic heterocycles. The third kappa shape index (κ3) is 1.61. The lowest BCUT2D eigenvalue weighted by Crippen LogP contribution is -2.45. The number of carbonyl (C=O) groups is 1. The monoisotopic (exact) mass is 205 g/mol. The molecule has 2 rings (SSSR count). The number of rotatable bonds is 1. The Morgan fingerprint density at radius 3 is 2.93 bits per heavy atom. The molecule has 1 aliphatic heterocycles. The van der Waals surface area contributed by atoms with E-state index < -0.39 is 5.60 Å². The molecule has 1 N–H and O–H groups in total. The molecule has 0 fully saturated rings. The second kappa shape index (κ2) is 3.12. The van der Waals surface area contributed by atoms with Crippen molar-refractivity contribution in [3.05, 3.63) is 30.3 Å². The molecule has 1 aliphatic rings. The van der Waals surface area contributed by atoms with Gasteiger partial charge >= 0.3 is 0 Å². The minimum Gasteiger partial charge on any atom is -0.476 e. The van der Waals surface area contributed by atoms with Crippen LogP contribution in [0.15, 0.2) is 24.8 Å². The lowest BCUT2D eigenvalue weighted by Gasteiger charge is -2.31. The van der Waals surface area contributed by atoms with Crippen molar-refractivity contribution in [3.8, 4) is 5.75 Å². The Hall–Kier alpha value is -1.77. The van der Waals surface area contributed by atoms with Gasteiger partial charge in [0, 0.05) is 1.43 Å². The van der Waals surface area contributed by atoms with Gasteiger partial charge in [0.2, 0.25) is 0 Å². The standard InChI is InChI=1S/C12H13NO2.H2/c1-4-8-5-6-9-10(7-8)15-12(2,3)11(14)13-9;/h4-7H,1H2,2-3H3,(H,13,14);1H. The van der Waals surface area contributed by atoms with Gasteiger partial charge in [0.05, 0.1) is 5.69 Å². The zero-order valence-corrected chi connectivity index (χ0v) is 8.83. The van der Waals surface area contributed by atoms with Crippen LogP contribution in [0.25, 0.3) is 6.08 Å². The van der Waals surface area contributed by atoms with E-state index in [2.05, 4.69) is 11.9 Å². The Labute approximate surface area is 90.2 Å². The molecule has 1 amide bonds. The van der Waals surface area contributed by atoms with Gasteiger partial charge in [-0.2, -0.15) is 0 Å². The highest BCUT2D eigenvalue weighted by Gasteiger charge is 2.35. The predicted molar refractivity (Wildman–Crippen MR) is 62.0 cm³/mol. The Morgan fingerprint density at radius 1 is 1.53 bits per heavy atom. The minimum absolute atomic E-state index is 0. The fraction of sp³-hybridized carbons (Fsp3) is 0.250. The number of benzene rings is 1. The van der Waals surface area contributed by atoms with Crippen LogP contribution in [0.1, 0.15) is 20.8 Å². The molecule has 3 heteroatoms. The Kier molecular flexibility index (Phi) is 2.03. The second-order valence-corrected chi connectivity index (χ2v) is 4.03. The van der Waals surface area contributed by atoms with Crippen LogP contribution in [0, 0.1) is 0 Å². The van der Waals surface area contributed by atoms with Crippen LogP contribution in [0.5, 0.6) is 5.75 Å². The number of hydrogen-bond donors (Lipinski definition) is 1. The van der Waals surface area contributed by atoms with Gasteiger partial charge < -0.3 is 10.1 Å². The van der Waals surface area contributed by atoms with Crippen LogP contribution in [0.4, 0.5) is 5.69 Å². The van der Waals surface area contributed by atoms with E-state index in [1.54, 1.807) is 19.9 Å². The number of ether oxygens (including phenoxy) is 1. The van der Waals surface area contributed by atoms with Crippen molar-refractivity contribution in [2.45, 2.75) is 19.4 Å². The first kappa shape index (κ1) is 9.77. The van der Waals surface area contributed by atoms with E-state index in [1.165, 1.54) is 0 Å². The SMILES string of the molecule is C=Cc1ccc2c(c1)OC(C)(C)C(=O)N2.[HH]. The molecule has 0 saturated heterocycles. The first-order chi connectivity index (χ1) is 7.03. The van der Waals surface area contributed by atoms with E-state index >= 15 is 0 Å². The van der Waals surface area contributed by atoms with E-state index in [4.69, 9.17) is 4.74 Å². The van der Waals surface area contributed by atoms with E-state index in [1.807, 2.05) is 18.2 Å². The smallest absolute Gasteiger partial charge is 0.268 e. The summed E-state index contributed by atoms with van der Waals surface area (Å²) in [5.74, 6) is 0.568. The third-order valence-corrected chi connectivity index (χ3v) is 2.40. The molecule has 15 heavy (non-hydrogen) atoms. The summed E-state index contributed by atoms with van der Waals surface area (Å²) in [6.45, 7) is 7.17. The summed E-state index contributed by atoms with van der Waals surface area (Å²) in [5, 5.41) is 2.80. The maximum atomic E-state index is 11.6. The summed E-state index contributed by atoms with van der Waals surface area (Å²) in [4.78, 5) is 11.6. The quantitative estimate of drug-likeness (QED) is 0.765. The van der Waals surface area contributed by atoms with Crippen molar-refractivity contribution in [2.24, 2.45) is 0 Å². The van der Waals surface area contributed by atoms with Crippen LogP contribution >= 0.6 is 0 Å². The van der Waals surface area contributed by atoms with Gasteiger partial charge in [-0.25, -0.2) is 0 Å². The molecular weight excluding hydrogens is 190 g/mol. The topological polar surface area (TPSA) is 38.3 Å². The lowest BCUT2D eigenvalue weighted by molar-refractivity contribution is -0.129. The number of hydrogen-bond acceptors (Lipinski definition) is 2. The fourth-order valence-electron chi connectivity index (χ4n) is 1.45. The molecule has 0 spiro atoms. The summed E-state index contributed by atoms with van der Waals surface area (Å²) < 4.78 is 5.61. The van der Waals surface area contributed by atoms with Gasteiger partial charge in [-0.3, -0.25) is 4.79 Å². The number of fused-ring (bicyclic) bond motifs is 1. The molecule has 1 heterocycles. The lowest BCUT2D eigenvalue weighted by atomic mass is 10.1. The maximum Gasteiger partial charge on any atom is 0.268 e. The molecule has 0 saturated carbocycles. The first-order valence-electron chi connectivity index (χ1n) is 4.80. The summed E-state index contributed by atoms with van der Waals surface area (Å²) >= 11 is 0. The molecule has 0 unspecified atom stereocenters. The number of carbonyl (C=O) groups excluding carboxylic acids is 1. The number of anilines is 1. The average molecular weight is 205 g/mol. The number of nitrogens with one attached hydrogen (secondary N) is 1. The molecular formula is C12H15NO2. The number of amides is 1. The summed E-state index contributed by atoms with van der Waals surface area (Å²) in [5.41, 5.74) is 0.873. The molecule has 0 radical (unpaired) electrons. The highest BCUT2D eigenvalue weighted by atomic mass is 16.5. The Balaban J connectivity index is 0.00000128. The molecule has 0 atom stereocenters. The molecule has 1 aromatic carbocycles. The van der Waals surface area contributed by atoms with Gasteiger partial charge in [-0.1, -0.05) is 18.7 Å². The van der Waals surface area contributed by atoms with Gasteiger partial charge in [0.15, 0.2) is 5.60 Å². The van der Waals surface area contributed by atoms with Crippen LogP contribution in [0.2, 0.25) is 0 Å². The van der Waals surface area contributed by atoms with E-state index in [0.717, 1.165) is 5.56 Å². The molecule has 0 bridgehead atoms. The Bertz CT molecular complexity index is 441. The van der Waals surface area contributed by atoms with E-state index in [-0.39, 0.29) is 7.33 Å². The van der Waals surface area contributed by atoms with Crippen molar-refractivity contribution in [1.29, 1.82) is 0 Å². The summed E-state index contributed by atoms with van der Waals surface area (Å²) in [6.07, 6.45) is 1.74. The molecule has 80 valence electrons. The highest BCUT2D eigenvalue weighted by molar-refractivity contribution is 6.00. The third-order valence-electron chi connectivity index (χ3n) is 2.40. The maximum absolute atomic E-state index is 11.6. The zero-order chi connectivity index (χ0) is 11.1. The largest absolute Gasteiger partial charge is 0.476 e. The summed E-state index contributed by atoms with van der Waals surface area (Å²) in [6, 6.07) is 5.57. The van der Waals surface area contributed by atoms with Crippen LogP contribution in [-0.4, -0.2) is 11.5 Å². The van der Waals surface area contributed by atoms with Gasteiger partial charge in [-0.15, -0.1) is 0 Å². The predicted octanol–water partition coefficient (Wildman–Crippen LogP) is 2.69. The van der Waals surface area contributed by atoms with Gasteiger partial charge in [0.1, 0.15) is 5.75 Å². The van der Waals surface area contributed by atoms with Crippen LogP contribution in [0.3, 0.4) is 0 Å². The normalized spacial score (nSPS) is 17.3. The van der Waals surface area contributed by atoms with Crippen molar-refractivity contribution < 1.29 is 11.0 Å². The highest BCUT2D eigenvalue weighted by Crippen LogP contribution is 2.34. The molecule has 3 nitrogen and oxygen atoms in total. The minimum atomic E-state index is -0.813. The Morgan fingerprint density at radius 2 is 2.27 bits per heavy atom.